The van der Waals surface area contributed by atoms with E-state index in [-0.39, 0.29) is 11.5 Å². The molecule has 2 N–H and O–H groups in total. The molecule has 1 heterocycles. The molecule has 1 saturated carbocycles. The molecule has 0 spiro atoms. The maximum Gasteiger partial charge on any atom is 0.194 e. The zero-order chi connectivity index (χ0) is 15.6. The van der Waals surface area contributed by atoms with Gasteiger partial charge in [-0.15, -0.1) is 0 Å². The first-order valence-electron chi connectivity index (χ1n) is 8.11. The highest BCUT2D eigenvalue weighted by atomic mass is 79.9. The summed E-state index contributed by atoms with van der Waals surface area (Å²) in [6, 6.07) is 8.48. The number of likely N-dealkylation sites (tertiary alicyclic amines) is 1. The van der Waals surface area contributed by atoms with E-state index in [9.17, 15) is 5.11 Å². The molecule has 22 heavy (non-hydrogen) atoms. The SMILES string of the molecule is CCNC(=NCC1(c2ccccc2Br)CC1)N1CC[C@@H](O)C1. The third-order valence-electron chi connectivity index (χ3n) is 4.63. The number of β-amino-alcohol motifs (C(OH)–C–C–N with tert-alkyl or cyclic N) is 1. The lowest BCUT2D eigenvalue weighted by Crippen LogP contribution is -2.41. The maximum absolute atomic E-state index is 9.74. The number of rotatable bonds is 4. The summed E-state index contributed by atoms with van der Waals surface area (Å²) in [5, 5.41) is 13.1. The van der Waals surface area contributed by atoms with Crippen LogP contribution in [0.3, 0.4) is 0 Å². The van der Waals surface area contributed by atoms with Crippen molar-refractivity contribution in [3.63, 3.8) is 0 Å². The fraction of sp³-hybridized carbons (Fsp3) is 0.588. The molecular formula is C17H24BrN3O. The molecule has 0 amide bonds. The standard InChI is InChI=1S/C17H24BrN3O/c1-2-19-16(21-10-7-13(22)11-21)20-12-17(8-9-17)14-5-3-4-6-15(14)18/h3-6,13,22H,2,7-12H2,1H3,(H,19,20)/t13-/m1/s1. The minimum absolute atomic E-state index is 0.194. The minimum atomic E-state index is -0.220. The second-order valence-corrected chi connectivity index (χ2v) is 7.17. The number of guanidine groups is 1. The molecule has 0 unspecified atom stereocenters. The molecule has 2 aliphatic rings. The summed E-state index contributed by atoms with van der Waals surface area (Å²) in [5.41, 5.74) is 1.56. The predicted molar refractivity (Wildman–Crippen MR) is 93.2 cm³/mol. The van der Waals surface area contributed by atoms with Crippen LogP contribution in [0.5, 0.6) is 0 Å². The average Bonchev–Trinajstić information content (AvgIpc) is 3.18. The van der Waals surface area contributed by atoms with E-state index in [0.717, 1.165) is 32.0 Å². The highest BCUT2D eigenvalue weighted by Gasteiger charge is 2.45. The lowest BCUT2D eigenvalue weighted by molar-refractivity contribution is 0.188. The first-order chi connectivity index (χ1) is 10.6. The Morgan fingerprint density at radius 2 is 2.23 bits per heavy atom. The van der Waals surface area contributed by atoms with Gasteiger partial charge in [-0.05, 0) is 37.8 Å². The first kappa shape index (κ1) is 15.8. The van der Waals surface area contributed by atoms with Gasteiger partial charge in [0.25, 0.3) is 0 Å². The summed E-state index contributed by atoms with van der Waals surface area (Å²) in [7, 11) is 0. The molecule has 2 fully saturated rings. The third kappa shape index (κ3) is 3.30. The van der Waals surface area contributed by atoms with Crippen molar-refractivity contribution in [2.75, 3.05) is 26.2 Å². The zero-order valence-corrected chi connectivity index (χ0v) is 14.6. The van der Waals surface area contributed by atoms with Crippen LogP contribution in [0.4, 0.5) is 0 Å². The van der Waals surface area contributed by atoms with Crippen molar-refractivity contribution in [1.29, 1.82) is 0 Å². The number of halogens is 1. The predicted octanol–water partition coefficient (Wildman–Crippen LogP) is 2.51. The zero-order valence-electron chi connectivity index (χ0n) is 13.1. The summed E-state index contributed by atoms with van der Waals surface area (Å²) >= 11 is 3.68. The number of hydrogen-bond acceptors (Lipinski definition) is 2. The van der Waals surface area contributed by atoms with E-state index in [1.54, 1.807) is 0 Å². The molecule has 1 aromatic rings. The summed E-state index contributed by atoms with van der Waals surface area (Å²) < 4.78 is 1.18. The van der Waals surface area contributed by atoms with Gasteiger partial charge in [0, 0.05) is 29.5 Å². The molecule has 1 aliphatic carbocycles. The quantitative estimate of drug-likeness (QED) is 0.636. The van der Waals surface area contributed by atoms with Gasteiger partial charge in [0.15, 0.2) is 5.96 Å². The molecule has 120 valence electrons. The van der Waals surface area contributed by atoms with Crippen LogP contribution in [0.15, 0.2) is 33.7 Å². The Bertz CT molecular complexity index is 557. The van der Waals surface area contributed by atoms with Crippen LogP contribution in [-0.4, -0.2) is 48.2 Å². The average molecular weight is 366 g/mol. The number of benzene rings is 1. The van der Waals surface area contributed by atoms with E-state index in [0.29, 0.717) is 6.54 Å². The van der Waals surface area contributed by atoms with Gasteiger partial charge in [-0.2, -0.15) is 0 Å². The largest absolute Gasteiger partial charge is 0.391 e. The van der Waals surface area contributed by atoms with Crippen molar-refractivity contribution in [1.82, 2.24) is 10.2 Å². The second-order valence-electron chi connectivity index (χ2n) is 6.32. The minimum Gasteiger partial charge on any atom is -0.391 e. The Kier molecular flexibility index (Phi) is 4.73. The Labute approximate surface area is 140 Å². The number of aliphatic imine (C=N–C) groups is 1. The molecule has 0 bridgehead atoms. The fourth-order valence-electron chi connectivity index (χ4n) is 3.14. The lowest BCUT2D eigenvalue weighted by Gasteiger charge is -2.22. The van der Waals surface area contributed by atoms with Crippen LogP contribution in [0, 0.1) is 0 Å². The number of nitrogens with zero attached hydrogens (tertiary/aromatic N) is 2. The normalized spacial score (nSPS) is 23.7. The summed E-state index contributed by atoms with van der Waals surface area (Å²) in [5.74, 6) is 0.942. The van der Waals surface area contributed by atoms with Crippen molar-refractivity contribution in [3.8, 4) is 0 Å². The van der Waals surface area contributed by atoms with Gasteiger partial charge in [0.2, 0.25) is 0 Å². The van der Waals surface area contributed by atoms with Gasteiger partial charge in [-0.1, -0.05) is 34.1 Å². The Morgan fingerprint density at radius 1 is 1.45 bits per heavy atom. The van der Waals surface area contributed by atoms with Crippen molar-refractivity contribution >= 4 is 21.9 Å². The van der Waals surface area contributed by atoms with E-state index in [2.05, 4.69) is 57.3 Å². The Morgan fingerprint density at radius 3 is 2.82 bits per heavy atom. The van der Waals surface area contributed by atoms with Crippen molar-refractivity contribution in [3.05, 3.63) is 34.3 Å². The number of hydrogen-bond donors (Lipinski definition) is 2. The van der Waals surface area contributed by atoms with Crippen LogP contribution in [0.2, 0.25) is 0 Å². The van der Waals surface area contributed by atoms with Gasteiger partial charge in [0.05, 0.1) is 12.6 Å². The van der Waals surface area contributed by atoms with Crippen LogP contribution in [-0.2, 0) is 5.41 Å². The van der Waals surface area contributed by atoms with Gasteiger partial charge in [0.1, 0.15) is 0 Å². The summed E-state index contributed by atoms with van der Waals surface area (Å²) in [6.07, 6.45) is 3.00. The van der Waals surface area contributed by atoms with E-state index in [1.807, 2.05) is 0 Å². The highest BCUT2D eigenvalue weighted by molar-refractivity contribution is 9.10. The molecule has 1 aromatic carbocycles. The van der Waals surface area contributed by atoms with E-state index < -0.39 is 0 Å². The molecule has 4 nitrogen and oxygen atoms in total. The van der Waals surface area contributed by atoms with Crippen LogP contribution in [0.25, 0.3) is 0 Å². The van der Waals surface area contributed by atoms with Crippen molar-refractivity contribution in [2.45, 2.75) is 37.7 Å². The molecule has 1 aliphatic heterocycles. The molecule has 1 saturated heterocycles. The van der Waals surface area contributed by atoms with Crippen LogP contribution >= 0.6 is 15.9 Å². The molecular weight excluding hydrogens is 342 g/mol. The number of aliphatic hydroxyl groups is 1. The lowest BCUT2D eigenvalue weighted by atomic mass is 9.96. The van der Waals surface area contributed by atoms with Gasteiger partial charge in [-0.25, -0.2) is 0 Å². The first-order valence-corrected chi connectivity index (χ1v) is 8.90. The van der Waals surface area contributed by atoms with Crippen LogP contribution in [0.1, 0.15) is 31.7 Å². The monoisotopic (exact) mass is 365 g/mol. The van der Waals surface area contributed by atoms with E-state index in [1.165, 1.54) is 22.9 Å². The van der Waals surface area contributed by atoms with Crippen molar-refractivity contribution < 1.29 is 5.11 Å². The van der Waals surface area contributed by atoms with Gasteiger partial charge in [-0.3, -0.25) is 4.99 Å². The second kappa shape index (κ2) is 6.59. The number of aliphatic hydroxyl groups excluding tert-OH is 1. The van der Waals surface area contributed by atoms with Crippen LogP contribution < -0.4 is 5.32 Å². The molecule has 0 radical (unpaired) electrons. The molecule has 5 heteroatoms. The Hall–Kier alpha value is -1.07. The Balaban J connectivity index is 1.74. The molecule has 0 aromatic heterocycles. The molecule has 3 rings (SSSR count). The highest BCUT2D eigenvalue weighted by Crippen LogP contribution is 2.50. The summed E-state index contributed by atoms with van der Waals surface area (Å²) in [4.78, 5) is 7.05. The third-order valence-corrected chi connectivity index (χ3v) is 5.32. The smallest absolute Gasteiger partial charge is 0.194 e. The van der Waals surface area contributed by atoms with E-state index in [4.69, 9.17) is 4.99 Å². The summed E-state index contributed by atoms with van der Waals surface area (Å²) in [6.45, 7) is 5.32. The maximum atomic E-state index is 9.74. The van der Waals surface area contributed by atoms with Gasteiger partial charge >= 0.3 is 0 Å². The fourth-order valence-corrected chi connectivity index (χ4v) is 3.85. The topological polar surface area (TPSA) is 47.9 Å². The number of nitrogens with one attached hydrogen (secondary N) is 1. The van der Waals surface area contributed by atoms with Gasteiger partial charge < -0.3 is 15.3 Å². The van der Waals surface area contributed by atoms with Crippen molar-refractivity contribution in [2.24, 2.45) is 4.99 Å². The van der Waals surface area contributed by atoms with E-state index >= 15 is 0 Å². The molecule has 1 atom stereocenters.